The van der Waals surface area contributed by atoms with Gasteiger partial charge in [0.2, 0.25) is 5.89 Å². The molecule has 0 aliphatic heterocycles. The summed E-state index contributed by atoms with van der Waals surface area (Å²) in [4.78, 5) is 32.3. The van der Waals surface area contributed by atoms with Crippen LogP contribution in [0, 0.1) is 6.92 Å². The number of nitrogens with two attached hydrogens (primary N) is 1. The minimum atomic E-state index is -0.412. The molecule has 9 nitrogen and oxygen atoms in total. The van der Waals surface area contributed by atoms with Crippen LogP contribution in [0.15, 0.2) is 41.4 Å². The standard InChI is InChI=1S/C17H15N7O2/c1-9-12(17-19-5-6-26-17)24-15(18)14(23-9)16(25)20-7-10-3-2-4-11-13(10)22-8-21-11/h2-6,8H,7H2,1H3,(H2,18,24)(H,20,25)(H,21,22). The number of aryl methyl sites for hydroxylation is 1. The van der Waals surface area contributed by atoms with Crippen LogP contribution in [0.4, 0.5) is 5.82 Å². The predicted octanol–water partition coefficient (Wildman–Crippen LogP) is 1.83. The van der Waals surface area contributed by atoms with Crippen molar-refractivity contribution in [3.05, 3.63) is 53.9 Å². The van der Waals surface area contributed by atoms with E-state index in [1.807, 2.05) is 18.2 Å². The number of hydrogen-bond acceptors (Lipinski definition) is 7. The number of nitrogens with one attached hydrogen (secondary N) is 2. The number of fused-ring (bicyclic) bond motifs is 1. The summed E-state index contributed by atoms with van der Waals surface area (Å²) in [5, 5.41) is 2.81. The van der Waals surface area contributed by atoms with Crippen molar-refractivity contribution >= 4 is 22.8 Å². The number of carbonyl (C=O) groups is 1. The van der Waals surface area contributed by atoms with Crippen LogP contribution in [-0.2, 0) is 6.54 Å². The van der Waals surface area contributed by atoms with Gasteiger partial charge in [-0.3, -0.25) is 4.79 Å². The van der Waals surface area contributed by atoms with Gasteiger partial charge in [-0.25, -0.2) is 19.9 Å². The molecule has 0 saturated carbocycles. The first-order chi connectivity index (χ1) is 12.6. The Hall–Kier alpha value is -3.75. The number of amides is 1. The third-order valence-corrected chi connectivity index (χ3v) is 3.92. The molecule has 3 heterocycles. The van der Waals surface area contributed by atoms with E-state index in [2.05, 4.69) is 30.2 Å². The average Bonchev–Trinajstić information content (AvgIpc) is 3.32. The molecule has 3 aromatic heterocycles. The second-order valence-electron chi connectivity index (χ2n) is 5.63. The van der Waals surface area contributed by atoms with Crippen LogP contribution in [0.5, 0.6) is 0 Å². The molecule has 4 rings (SSSR count). The second-order valence-corrected chi connectivity index (χ2v) is 5.63. The molecular formula is C17H15N7O2. The second kappa shape index (κ2) is 6.28. The molecule has 0 saturated heterocycles. The number of hydrogen-bond donors (Lipinski definition) is 3. The van der Waals surface area contributed by atoms with Crippen LogP contribution < -0.4 is 11.1 Å². The Morgan fingerprint density at radius 2 is 2.19 bits per heavy atom. The molecule has 4 N–H and O–H groups in total. The minimum absolute atomic E-state index is 0.0132. The minimum Gasteiger partial charge on any atom is -0.443 e. The summed E-state index contributed by atoms with van der Waals surface area (Å²) in [6.45, 7) is 2.01. The van der Waals surface area contributed by atoms with Crippen molar-refractivity contribution in [2.75, 3.05) is 5.73 Å². The van der Waals surface area contributed by atoms with Gasteiger partial charge in [-0.2, -0.15) is 0 Å². The molecule has 0 bridgehead atoms. The van der Waals surface area contributed by atoms with Crippen LogP contribution >= 0.6 is 0 Å². The van der Waals surface area contributed by atoms with Crippen molar-refractivity contribution in [2.45, 2.75) is 13.5 Å². The highest BCUT2D eigenvalue weighted by Gasteiger charge is 2.18. The van der Waals surface area contributed by atoms with Crippen molar-refractivity contribution in [3.63, 3.8) is 0 Å². The first-order valence-corrected chi connectivity index (χ1v) is 7.86. The fourth-order valence-electron chi connectivity index (χ4n) is 2.67. The largest absolute Gasteiger partial charge is 0.443 e. The van der Waals surface area contributed by atoms with Crippen molar-refractivity contribution in [3.8, 4) is 11.6 Å². The monoisotopic (exact) mass is 349 g/mol. The van der Waals surface area contributed by atoms with Crippen LogP contribution in [0.3, 0.4) is 0 Å². The Balaban J connectivity index is 1.57. The van der Waals surface area contributed by atoms with E-state index >= 15 is 0 Å². The van der Waals surface area contributed by atoms with E-state index in [1.165, 1.54) is 12.5 Å². The van der Waals surface area contributed by atoms with Gasteiger partial charge in [0.1, 0.15) is 12.0 Å². The highest BCUT2D eigenvalue weighted by Crippen LogP contribution is 2.21. The van der Waals surface area contributed by atoms with E-state index in [0.717, 1.165) is 16.6 Å². The number of benzene rings is 1. The summed E-state index contributed by atoms with van der Waals surface area (Å²) in [6.07, 6.45) is 4.55. The van der Waals surface area contributed by atoms with Crippen molar-refractivity contribution in [1.29, 1.82) is 0 Å². The molecule has 26 heavy (non-hydrogen) atoms. The number of imidazole rings is 1. The SMILES string of the molecule is Cc1nc(C(=O)NCc2cccc3[nH]cnc23)c(N)nc1-c1ncco1. The number of nitrogen functional groups attached to an aromatic ring is 1. The average molecular weight is 349 g/mol. The Morgan fingerprint density at radius 1 is 1.31 bits per heavy atom. The zero-order valence-corrected chi connectivity index (χ0v) is 13.9. The van der Waals surface area contributed by atoms with Gasteiger partial charge in [-0.15, -0.1) is 0 Å². The lowest BCUT2D eigenvalue weighted by atomic mass is 10.2. The summed E-state index contributed by atoms with van der Waals surface area (Å²) in [7, 11) is 0. The first-order valence-electron chi connectivity index (χ1n) is 7.86. The van der Waals surface area contributed by atoms with Crippen molar-refractivity contribution < 1.29 is 9.21 Å². The summed E-state index contributed by atoms with van der Waals surface area (Å²) in [6, 6.07) is 5.71. The summed E-state index contributed by atoms with van der Waals surface area (Å²) in [5.41, 5.74) is 9.49. The highest BCUT2D eigenvalue weighted by atomic mass is 16.3. The lowest BCUT2D eigenvalue weighted by Crippen LogP contribution is -2.26. The summed E-state index contributed by atoms with van der Waals surface area (Å²) < 4.78 is 5.21. The molecule has 130 valence electrons. The van der Waals surface area contributed by atoms with Gasteiger partial charge in [-0.1, -0.05) is 12.1 Å². The smallest absolute Gasteiger partial charge is 0.273 e. The topological polar surface area (TPSA) is 136 Å². The lowest BCUT2D eigenvalue weighted by molar-refractivity contribution is 0.0946. The summed E-state index contributed by atoms with van der Waals surface area (Å²) in [5.74, 6) is -0.0947. The van der Waals surface area contributed by atoms with Gasteiger partial charge in [0.25, 0.3) is 5.91 Å². The molecule has 1 amide bonds. The van der Waals surface area contributed by atoms with Gasteiger partial charge >= 0.3 is 0 Å². The molecular weight excluding hydrogens is 334 g/mol. The molecule has 4 aromatic rings. The normalized spacial score (nSPS) is 11.0. The Bertz CT molecular complexity index is 1090. The van der Waals surface area contributed by atoms with Gasteiger partial charge in [0.15, 0.2) is 11.5 Å². The Labute approximate surface area is 147 Å². The van der Waals surface area contributed by atoms with E-state index in [0.29, 0.717) is 23.8 Å². The van der Waals surface area contributed by atoms with Gasteiger partial charge in [0, 0.05) is 6.54 Å². The molecule has 0 spiro atoms. The van der Waals surface area contributed by atoms with E-state index in [4.69, 9.17) is 10.2 Å². The molecule has 0 radical (unpaired) electrons. The van der Waals surface area contributed by atoms with Crippen LogP contribution in [0.1, 0.15) is 21.7 Å². The van der Waals surface area contributed by atoms with Gasteiger partial charge in [-0.05, 0) is 18.6 Å². The van der Waals surface area contributed by atoms with Gasteiger partial charge in [0.05, 0.1) is 29.3 Å². The number of H-pyrrole nitrogens is 1. The van der Waals surface area contributed by atoms with Gasteiger partial charge < -0.3 is 20.5 Å². The maximum atomic E-state index is 12.5. The first kappa shape index (κ1) is 15.8. The van der Waals surface area contributed by atoms with Crippen LogP contribution in [-0.4, -0.2) is 30.8 Å². The highest BCUT2D eigenvalue weighted by molar-refractivity contribution is 5.96. The third-order valence-electron chi connectivity index (χ3n) is 3.92. The van der Waals surface area contributed by atoms with E-state index in [1.54, 1.807) is 13.3 Å². The number of para-hydroxylation sites is 1. The van der Waals surface area contributed by atoms with Crippen LogP contribution in [0.2, 0.25) is 0 Å². The lowest BCUT2D eigenvalue weighted by Gasteiger charge is -2.09. The van der Waals surface area contributed by atoms with Crippen molar-refractivity contribution in [1.82, 2.24) is 30.2 Å². The maximum absolute atomic E-state index is 12.5. The molecule has 0 fully saturated rings. The molecule has 0 aliphatic rings. The van der Waals surface area contributed by atoms with Crippen molar-refractivity contribution in [2.24, 2.45) is 0 Å². The number of oxazole rings is 1. The number of nitrogens with zero attached hydrogens (tertiary/aromatic N) is 4. The number of anilines is 1. The maximum Gasteiger partial charge on any atom is 0.273 e. The third kappa shape index (κ3) is 2.75. The zero-order chi connectivity index (χ0) is 18.1. The number of rotatable bonds is 4. The molecule has 1 aromatic carbocycles. The quantitative estimate of drug-likeness (QED) is 0.511. The predicted molar refractivity (Wildman–Crippen MR) is 93.9 cm³/mol. The molecule has 0 unspecified atom stereocenters. The molecule has 9 heteroatoms. The number of carbonyl (C=O) groups excluding carboxylic acids is 1. The fraction of sp³-hybridized carbons (Fsp3) is 0.118. The van der Waals surface area contributed by atoms with E-state index in [9.17, 15) is 4.79 Å². The number of aromatic amines is 1. The molecule has 0 atom stereocenters. The zero-order valence-electron chi connectivity index (χ0n) is 13.9. The van der Waals surface area contributed by atoms with Crippen LogP contribution in [0.25, 0.3) is 22.6 Å². The van der Waals surface area contributed by atoms with E-state index < -0.39 is 5.91 Å². The Morgan fingerprint density at radius 3 is 3.00 bits per heavy atom. The summed E-state index contributed by atoms with van der Waals surface area (Å²) >= 11 is 0. The number of aromatic nitrogens is 5. The van der Waals surface area contributed by atoms with E-state index in [-0.39, 0.29) is 11.5 Å². The Kier molecular flexibility index (Phi) is 3.81. The molecule has 0 aliphatic carbocycles. The fourth-order valence-corrected chi connectivity index (χ4v) is 2.67.